The van der Waals surface area contributed by atoms with Crippen molar-refractivity contribution in [3.63, 3.8) is 0 Å². The van der Waals surface area contributed by atoms with Crippen molar-refractivity contribution in [3.8, 4) is 108 Å². The number of fused-ring (bicyclic) bond motifs is 3. The highest BCUT2D eigenvalue weighted by atomic mass is 15.1. The van der Waals surface area contributed by atoms with Crippen molar-refractivity contribution >= 4 is 21.8 Å². The van der Waals surface area contributed by atoms with Crippen molar-refractivity contribution in [2.45, 2.75) is 0 Å². The first-order valence-electron chi connectivity index (χ1n) is 23.2. The molecule has 0 aliphatic heterocycles. The molecule has 0 unspecified atom stereocenters. The molecule has 0 fully saturated rings. The van der Waals surface area contributed by atoms with Crippen molar-refractivity contribution in [1.29, 1.82) is 10.5 Å². The monoisotopic (exact) mass is 906 g/mol. The van der Waals surface area contributed by atoms with E-state index < -0.39 is 0 Å². The molecule has 0 aliphatic carbocycles. The van der Waals surface area contributed by atoms with Crippen LogP contribution in [0, 0.1) is 22.7 Å². The van der Waals surface area contributed by atoms with Crippen LogP contribution < -0.4 is 0 Å². The summed E-state index contributed by atoms with van der Waals surface area (Å²) in [5.41, 5.74) is 14.1. The van der Waals surface area contributed by atoms with Crippen molar-refractivity contribution in [2.75, 3.05) is 0 Å². The zero-order valence-corrected chi connectivity index (χ0v) is 38.0. The predicted molar refractivity (Wildman–Crippen MR) is 283 cm³/mol. The van der Waals surface area contributed by atoms with Crippen LogP contribution in [0.4, 0.5) is 0 Å². The third-order valence-electron chi connectivity index (χ3n) is 12.8. The number of aromatic nitrogens is 6. The molecule has 0 radical (unpaired) electrons. The third kappa shape index (κ3) is 7.94. The van der Waals surface area contributed by atoms with Gasteiger partial charge in [-0.05, 0) is 82.9 Å². The van der Waals surface area contributed by atoms with Gasteiger partial charge in [0.25, 0.3) is 0 Å². The summed E-state index contributed by atoms with van der Waals surface area (Å²) in [6.07, 6.45) is 0. The van der Waals surface area contributed by atoms with E-state index in [0.29, 0.717) is 34.4 Å². The molecule has 12 rings (SSSR count). The molecule has 0 atom stereocenters. The highest BCUT2D eigenvalue weighted by Crippen LogP contribution is 2.42. The number of rotatable bonds is 9. The van der Waals surface area contributed by atoms with Crippen molar-refractivity contribution < 1.29 is 0 Å². The first kappa shape index (κ1) is 42.2. The van der Waals surface area contributed by atoms with Gasteiger partial charge in [-0.25, -0.2) is 24.9 Å². The van der Waals surface area contributed by atoms with Crippen LogP contribution >= 0.6 is 0 Å². The summed E-state index contributed by atoms with van der Waals surface area (Å²) >= 11 is 0. The second-order valence-electron chi connectivity index (χ2n) is 17.1. The molecule has 0 saturated carbocycles. The van der Waals surface area contributed by atoms with E-state index >= 15 is 0 Å². The molecular weight excluding hydrogens is 869 g/mol. The lowest BCUT2D eigenvalue weighted by molar-refractivity contribution is 1.06. The molecule has 0 bridgehead atoms. The predicted octanol–water partition coefficient (Wildman–Crippen LogP) is 14.8. The van der Waals surface area contributed by atoms with Gasteiger partial charge in [-0.1, -0.05) is 170 Å². The maximum Gasteiger partial charge on any atom is 0.166 e. The quantitative estimate of drug-likeness (QED) is 0.142. The fraction of sp³-hybridized carbons (Fsp3) is 0. The lowest BCUT2D eigenvalue weighted by Gasteiger charge is -2.17. The first-order valence-corrected chi connectivity index (χ1v) is 23.2. The molecule has 0 aliphatic rings. The molecule has 0 N–H and O–H groups in total. The zero-order valence-electron chi connectivity index (χ0n) is 38.0. The molecule has 3 aromatic heterocycles. The van der Waals surface area contributed by atoms with Gasteiger partial charge in [-0.15, -0.1) is 0 Å². The van der Waals surface area contributed by atoms with Crippen LogP contribution in [0.3, 0.4) is 0 Å². The van der Waals surface area contributed by atoms with Crippen LogP contribution in [0.1, 0.15) is 11.1 Å². The minimum absolute atomic E-state index is 0.464. The SMILES string of the molecule is N#Cc1ccccc1-c1ccc2c(c1)c1cc(-c3ccccc3C#N)ccc1n2-c1ccc(-c2nc(-c3ccccc3)cc(-c3ccccc3)n2)cc1-c1nc(-c2ccccc2)nc(-c2ccccc2)n1. The first-order chi connectivity index (χ1) is 35.1. The largest absolute Gasteiger partial charge is 0.308 e. The number of benzene rings is 9. The maximum atomic E-state index is 10.2. The van der Waals surface area contributed by atoms with Crippen molar-refractivity contribution in [2.24, 2.45) is 0 Å². The smallest absolute Gasteiger partial charge is 0.166 e. The summed E-state index contributed by atoms with van der Waals surface area (Å²) in [7, 11) is 0. The lowest BCUT2D eigenvalue weighted by Crippen LogP contribution is -2.04. The Morgan fingerprint density at radius 1 is 0.296 bits per heavy atom. The van der Waals surface area contributed by atoms with Gasteiger partial charge in [0.2, 0.25) is 0 Å². The van der Waals surface area contributed by atoms with Gasteiger partial charge >= 0.3 is 0 Å². The summed E-state index contributed by atoms with van der Waals surface area (Å²) in [5, 5.41) is 22.3. The van der Waals surface area contributed by atoms with Crippen molar-refractivity contribution in [3.05, 3.63) is 242 Å². The maximum absolute atomic E-state index is 10.2. The van der Waals surface area contributed by atoms with Crippen LogP contribution in [0.15, 0.2) is 231 Å². The van der Waals surface area contributed by atoms with Gasteiger partial charge in [-0.3, -0.25) is 0 Å². The van der Waals surface area contributed by atoms with Gasteiger partial charge in [0.05, 0.1) is 51.4 Å². The Hall–Kier alpha value is -10.2. The van der Waals surface area contributed by atoms with E-state index in [9.17, 15) is 10.5 Å². The van der Waals surface area contributed by atoms with Crippen LogP contribution in [0.25, 0.3) is 118 Å². The van der Waals surface area contributed by atoms with Gasteiger partial charge in [0.15, 0.2) is 23.3 Å². The molecule has 9 aromatic carbocycles. The summed E-state index contributed by atoms with van der Waals surface area (Å²) in [5.74, 6) is 2.07. The Morgan fingerprint density at radius 2 is 0.690 bits per heavy atom. The van der Waals surface area contributed by atoms with E-state index in [2.05, 4.69) is 95.6 Å². The molecule has 3 heterocycles. The van der Waals surface area contributed by atoms with E-state index in [0.717, 1.165) is 94.5 Å². The molecule has 8 heteroatoms. The normalized spacial score (nSPS) is 11.1. The second-order valence-corrected chi connectivity index (χ2v) is 17.1. The average molecular weight is 907 g/mol. The Labute approximate surface area is 409 Å². The molecule has 8 nitrogen and oxygen atoms in total. The molecule has 71 heavy (non-hydrogen) atoms. The Morgan fingerprint density at radius 3 is 1.15 bits per heavy atom. The highest BCUT2D eigenvalue weighted by Gasteiger charge is 2.23. The number of nitriles is 2. The van der Waals surface area contributed by atoms with Crippen LogP contribution in [-0.4, -0.2) is 29.5 Å². The molecule has 0 saturated heterocycles. The van der Waals surface area contributed by atoms with E-state index in [4.69, 9.17) is 24.9 Å². The van der Waals surface area contributed by atoms with E-state index in [1.165, 1.54) is 0 Å². The fourth-order valence-corrected chi connectivity index (χ4v) is 9.35. The van der Waals surface area contributed by atoms with Crippen molar-refractivity contribution in [1.82, 2.24) is 29.5 Å². The average Bonchev–Trinajstić information content (AvgIpc) is 3.78. The minimum atomic E-state index is 0.464. The number of nitrogens with zero attached hydrogens (tertiary/aromatic N) is 8. The van der Waals surface area contributed by atoms with Gasteiger partial charge in [0.1, 0.15) is 0 Å². The Bertz CT molecular complexity index is 3830. The van der Waals surface area contributed by atoms with Gasteiger partial charge in [0, 0.05) is 44.2 Å². The molecule has 12 aromatic rings. The summed E-state index contributed by atoms with van der Waals surface area (Å²) in [6, 6.07) is 81.4. The van der Waals surface area contributed by atoms with E-state index in [-0.39, 0.29) is 0 Å². The topological polar surface area (TPSA) is 117 Å². The number of hydrogen-bond donors (Lipinski definition) is 0. The second kappa shape index (κ2) is 18.2. The Balaban J connectivity index is 1.16. The molecular formula is C63H38N8. The minimum Gasteiger partial charge on any atom is -0.308 e. The summed E-state index contributed by atoms with van der Waals surface area (Å²) in [6.45, 7) is 0. The van der Waals surface area contributed by atoms with E-state index in [1.807, 2.05) is 152 Å². The highest BCUT2D eigenvalue weighted by molar-refractivity contribution is 6.12. The van der Waals surface area contributed by atoms with E-state index in [1.54, 1.807) is 0 Å². The van der Waals surface area contributed by atoms with Crippen LogP contribution in [0.2, 0.25) is 0 Å². The zero-order chi connectivity index (χ0) is 47.7. The third-order valence-corrected chi connectivity index (χ3v) is 12.8. The number of hydrogen-bond acceptors (Lipinski definition) is 7. The summed E-state index contributed by atoms with van der Waals surface area (Å²) in [4.78, 5) is 26.2. The molecule has 0 amide bonds. The standard InChI is InChI=1S/C63H38N8/c64-39-48-25-13-15-27-50(48)45-29-32-57-52(35-45)53-36-46(51-28-16-14-26-49(51)40-65)30-33-58(53)71(57)59-34-31-47(62-66-55(41-17-5-1-6-18-41)38-56(67-62)42-19-7-2-8-20-42)37-54(59)63-69-60(43-21-9-3-10-22-43)68-61(70-63)44-23-11-4-12-24-44/h1-38H. The molecule has 330 valence electrons. The summed E-state index contributed by atoms with van der Waals surface area (Å²) < 4.78 is 2.26. The van der Waals surface area contributed by atoms with Gasteiger partial charge in [-0.2, -0.15) is 10.5 Å². The fourth-order valence-electron chi connectivity index (χ4n) is 9.35. The molecule has 0 spiro atoms. The Kier molecular flexibility index (Phi) is 10.8. The van der Waals surface area contributed by atoms with Crippen LogP contribution in [0.5, 0.6) is 0 Å². The lowest BCUT2D eigenvalue weighted by atomic mass is 9.96. The van der Waals surface area contributed by atoms with Crippen LogP contribution in [-0.2, 0) is 0 Å². The van der Waals surface area contributed by atoms with Gasteiger partial charge < -0.3 is 4.57 Å².